The number of nitrogens with zero attached hydrogens (tertiary/aromatic N) is 1. The van der Waals surface area contributed by atoms with Crippen LogP contribution in [-0.4, -0.2) is 25.5 Å². The monoisotopic (exact) mass is 338 g/mol. The molecule has 0 aromatic heterocycles. The Kier molecular flexibility index (Phi) is 3.79. The zero-order chi connectivity index (χ0) is 16.9. The largest absolute Gasteiger partial charge is 0.371 e. The Bertz CT molecular complexity index is 605. The number of anilines is 1. The van der Waals surface area contributed by atoms with Crippen molar-refractivity contribution in [2.24, 2.45) is 29.1 Å². The number of benzene rings is 1. The van der Waals surface area contributed by atoms with E-state index in [1.54, 1.807) is 0 Å². The standard InChI is InChI=1S/C22H30N2O/c25-21(22-11-17-8-18(12-22)10-19(9-17)13-22)23-14-16-6-7-24(15-16)20-4-2-1-3-5-20/h1-5,16-19H,6-15H2,(H,23,25). The van der Waals surface area contributed by atoms with Crippen LogP contribution in [0.5, 0.6) is 0 Å². The molecule has 0 radical (unpaired) electrons. The van der Waals surface area contributed by atoms with E-state index < -0.39 is 0 Å². The van der Waals surface area contributed by atoms with Crippen LogP contribution in [0.15, 0.2) is 30.3 Å². The number of para-hydroxylation sites is 1. The van der Waals surface area contributed by atoms with Gasteiger partial charge in [-0.3, -0.25) is 4.79 Å². The SMILES string of the molecule is O=C(NCC1CCN(c2ccccc2)C1)C12CC3CC(CC(C3)C1)C2. The average molecular weight is 338 g/mol. The number of hydrogen-bond donors (Lipinski definition) is 1. The summed E-state index contributed by atoms with van der Waals surface area (Å²) in [6, 6.07) is 10.7. The summed E-state index contributed by atoms with van der Waals surface area (Å²) in [4.78, 5) is 15.5. The Morgan fingerprint density at radius 3 is 2.32 bits per heavy atom. The van der Waals surface area contributed by atoms with E-state index in [0.29, 0.717) is 11.8 Å². The summed E-state index contributed by atoms with van der Waals surface area (Å²) < 4.78 is 0. The average Bonchev–Trinajstić information content (AvgIpc) is 3.08. The van der Waals surface area contributed by atoms with Gasteiger partial charge < -0.3 is 10.2 Å². The minimum atomic E-state index is 0.00642. The van der Waals surface area contributed by atoms with Gasteiger partial charge in [0.05, 0.1) is 0 Å². The van der Waals surface area contributed by atoms with Gasteiger partial charge >= 0.3 is 0 Å². The lowest BCUT2D eigenvalue weighted by Gasteiger charge is -2.55. The topological polar surface area (TPSA) is 32.3 Å². The number of nitrogens with one attached hydrogen (secondary N) is 1. The highest BCUT2D eigenvalue weighted by molar-refractivity contribution is 5.83. The molecular formula is C22H30N2O. The van der Waals surface area contributed by atoms with Gasteiger partial charge in [0, 0.05) is 30.7 Å². The highest BCUT2D eigenvalue weighted by Crippen LogP contribution is 2.60. The summed E-state index contributed by atoms with van der Waals surface area (Å²) >= 11 is 0. The van der Waals surface area contributed by atoms with Crippen molar-refractivity contribution in [3.8, 4) is 0 Å². The van der Waals surface area contributed by atoms with Gasteiger partial charge in [-0.05, 0) is 80.8 Å². The second-order valence-corrected chi connectivity index (χ2v) is 9.34. The van der Waals surface area contributed by atoms with E-state index in [1.807, 2.05) is 0 Å². The molecule has 1 atom stereocenters. The van der Waals surface area contributed by atoms with Gasteiger partial charge in [0.1, 0.15) is 0 Å². The summed E-state index contributed by atoms with van der Waals surface area (Å²) in [5.41, 5.74) is 1.32. The third-order valence-corrected chi connectivity index (χ3v) is 7.48. The maximum absolute atomic E-state index is 13.1. The fraction of sp³-hybridized carbons (Fsp3) is 0.682. The summed E-state index contributed by atoms with van der Waals surface area (Å²) in [5.74, 6) is 3.52. The Hall–Kier alpha value is -1.51. The van der Waals surface area contributed by atoms with Crippen molar-refractivity contribution < 1.29 is 4.79 Å². The normalized spacial score (nSPS) is 39.0. The first-order valence-electron chi connectivity index (χ1n) is 10.3. The van der Waals surface area contributed by atoms with Crippen molar-refractivity contribution >= 4 is 11.6 Å². The fourth-order valence-corrected chi connectivity index (χ4v) is 6.69. The van der Waals surface area contributed by atoms with Crippen LogP contribution in [0.25, 0.3) is 0 Å². The maximum atomic E-state index is 13.1. The fourth-order valence-electron chi connectivity index (χ4n) is 6.69. The molecule has 4 saturated carbocycles. The minimum absolute atomic E-state index is 0.00642. The third-order valence-electron chi connectivity index (χ3n) is 7.48. The van der Waals surface area contributed by atoms with Crippen LogP contribution in [-0.2, 0) is 4.79 Å². The molecule has 1 heterocycles. The van der Waals surface area contributed by atoms with E-state index in [1.165, 1.54) is 50.6 Å². The van der Waals surface area contributed by atoms with E-state index in [4.69, 9.17) is 0 Å². The molecule has 134 valence electrons. The number of carbonyl (C=O) groups excluding carboxylic acids is 1. The summed E-state index contributed by atoms with van der Waals surface area (Å²) in [5, 5.41) is 3.39. The molecule has 6 rings (SSSR count). The number of rotatable bonds is 4. The lowest BCUT2D eigenvalue weighted by Crippen LogP contribution is -2.54. The quantitative estimate of drug-likeness (QED) is 0.904. The molecule has 1 amide bonds. The minimum Gasteiger partial charge on any atom is -0.371 e. The Balaban J connectivity index is 1.18. The van der Waals surface area contributed by atoms with Gasteiger partial charge in [-0.2, -0.15) is 0 Å². The molecule has 5 aliphatic rings. The highest BCUT2D eigenvalue weighted by atomic mass is 16.2. The molecule has 1 saturated heterocycles. The molecule has 5 fully saturated rings. The van der Waals surface area contributed by atoms with Gasteiger partial charge in [0.25, 0.3) is 0 Å². The molecule has 0 spiro atoms. The third kappa shape index (κ3) is 2.86. The molecule has 3 nitrogen and oxygen atoms in total. The summed E-state index contributed by atoms with van der Waals surface area (Å²) in [6.07, 6.45) is 8.92. The first-order chi connectivity index (χ1) is 12.2. The van der Waals surface area contributed by atoms with Crippen LogP contribution in [0, 0.1) is 29.1 Å². The second-order valence-electron chi connectivity index (χ2n) is 9.34. The van der Waals surface area contributed by atoms with Crippen LogP contribution in [0.3, 0.4) is 0 Å². The van der Waals surface area contributed by atoms with Gasteiger partial charge in [-0.1, -0.05) is 18.2 Å². The van der Waals surface area contributed by atoms with E-state index in [2.05, 4.69) is 40.5 Å². The lowest BCUT2D eigenvalue weighted by atomic mass is 9.49. The molecule has 1 unspecified atom stereocenters. The molecule has 4 bridgehead atoms. The summed E-state index contributed by atoms with van der Waals surface area (Å²) in [6.45, 7) is 3.05. The second kappa shape index (κ2) is 6.03. The van der Waals surface area contributed by atoms with Crippen molar-refractivity contribution in [2.45, 2.75) is 44.9 Å². The van der Waals surface area contributed by atoms with Crippen molar-refractivity contribution in [3.63, 3.8) is 0 Å². The van der Waals surface area contributed by atoms with Gasteiger partial charge in [0.15, 0.2) is 0 Å². The van der Waals surface area contributed by atoms with Crippen molar-refractivity contribution in [2.75, 3.05) is 24.5 Å². The van der Waals surface area contributed by atoms with E-state index in [9.17, 15) is 4.79 Å². The van der Waals surface area contributed by atoms with E-state index in [-0.39, 0.29) is 5.41 Å². The molecular weight excluding hydrogens is 308 g/mol. The van der Waals surface area contributed by atoms with Crippen LogP contribution < -0.4 is 10.2 Å². The van der Waals surface area contributed by atoms with Gasteiger partial charge in [0.2, 0.25) is 5.91 Å². The van der Waals surface area contributed by atoms with E-state index in [0.717, 1.165) is 37.4 Å². The Morgan fingerprint density at radius 1 is 1.04 bits per heavy atom. The summed E-state index contributed by atoms with van der Waals surface area (Å²) in [7, 11) is 0. The van der Waals surface area contributed by atoms with Crippen molar-refractivity contribution in [1.29, 1.82) is 0 Å². The van der Waals surface area contributed by atoms with Gasteiger partial charge in [-0.25, -0.2) is 0 Å². The molecule has 1 aromatic carbocycles. The predicted octanol–water partition coefficient (Wildman–Crippen LogP) is 3.85. The molecule has 4 aliphatic carbocycles. The van der Waals surface area contributed by atoms with Crippen molar-refractivity contribution in [3.05, 3.63) is 30.3 Å². The van der Waals surface area contributed by atoms with Gasteiger partial charge in [-0.15, -0.1) is 0 Å². The maximum Gasteiger partial charge on any atom is 0.226 e. The molecule has 1 aliphatic heterocycles. The molecule has 1 aromatic rings. The molecule has 3 heteroatoms. The van der Waals surface area contributed by atoms with Crippen LogP contribution in [0.4, 0.5) is 5.69 Å². The zero-order valence-electron chi connectivity index (χ0n) is 15.1. The lowest BCUT2D eigenvalue weighted by molar-refractivity contribution is -0.146. The van der Waals surface area contributed by atoms with Crippen LogP contribution in [0.1, 0.15) is 44.9 Å². The van der Waals surface area contributed by atoms with E-state index >= 15 is 0 Å². The van der Waals surface area contributed by atoms with Crippen LogP contribution in [0.2, 0.25) is 0 Å². The highest BCUT2D eigenvalue weighted by Gasteiger charge is 2.54. The molecule has 1 N–H and O–H groups in total. The van der Waals surface area contributed by atoms with Crippen molar-refractivity contribution in [1.82, 2.24) is 5.32 Å². The zero-order valence-corrected chi connectivity index (χ0v) is 15.1. The number of carbonyl (C=O) groups is 1. The Labute approximate surface area is 151 Å². The molecule has 25 heavy (non-hydrogen) atoms. The predicted molar refractivity (Wildman–Crippen MR) is 100 cm³/mol. The number of amides is 1. The smallest absolute Gasteiger partial charge is 0.226 e. The number of hydrogen-bond acceptors (Lipinski definition) is 2. The Morgan fingerprint density at radius 2 is 1.68 bits per heavy atom. The first-order valence-corrected chi connectivity index (χ1v) is 10.3. The first kappa shape index (κ1) is 15.7. The van der Waals surface area contributed by atoms with Crippen LogP contribution >= 0.6 is 0 Å².